The Hall–Kier alpha value is -3.01. The lowest BCUT2D eigenvalue weighted by atomic mass is 9.88. The first-order valence-electron chi connectivity index (χ1n) is 11.5. The van der Waals surface area contributed by atoms with Crippen molar-refractivity contribution in [2.45, 2.75) is 71.0 Å². The number of fused-ring (bicyclic) bond motifs is 1. The van der Waals surface area contributed by atoms with Crippen LogP contribution in [0.25, 0.3) is 16.7 Å². The monoisotopic (exact) mass is 546 g/mol. The Bertz CT molecular complexity index is 1400. The van der Waals surface area contributed by atoms with Crippen LogP contribution in [0.4, 0.5) is 9.18 Å². The van der Waals surface area contributed by atoms with Crippen molar-refractivity contribution in [3.05, 3.63) is 67.2 Å². The van der Waals surface area contributed by atoms with Gasteiger partial charge in [-0.15, -0.1) is 0 Å². The number of carboxylic acid groups (broad SMARTS) is 1. The van der Waals surface area contributed by atoms with Gasteiger partial charge in [0.15, 0.2) is 5.65 Å². The second-order valence-corrected chi connectivity index (χ2v) is 11.0. The standard InChI is InChI=1S/C25H28BrFN4O4/c1-14-9-15(26)11-19(10-14)29-21-20(12-16(27)13-28-21)22(32)30(23(29)33)17-5-7-18(8-6-17)31(24(34)35)25(2,3)4/h9-13,17-18H,5-8H2,1-4H3,(H,34,35). The zero-order valence-corrected chi connectivity index (χ0v) is 21.7. The molecule has 186 valence electrons. The molecule has 0 radical (unpaired) electrons. The summed E-state index contributed by atoms with van der Waals surface area (Å²) < 4.78 is 17.4. The minimum absolute atomic E-state index is 0.0196. The summed E-state index contributed by atoms with van der Waals surface area (Å²) in [6, 6.07) is 5.90. The summed E-state index contributed by atoms with van der Waals surface area (Å²) in [6.07, 6.45) is 1.92. The maximum Gasteiger partial charge on any atom is 0.407 e. The number of benzene rings is 1. The summed E-state index contributed by atoms with van der Waals surface area (Å²) in [5, 5.41) is 9.77. The molecule has 0 saturated heterocycles. The third-order valence-corrected chi connectivity index (χ3v) is 6.96. The van der Waals surface area contributed by atoms with Gasteiger partial charge in [0.05, 0.1) is 17.3 Å². The average Bonchev–Trinajstić information content (AvgIpc) is 2.73. The van der Waals surface area contributed by atoms with Crippen LogP contribution in [-0.2, 0) is 0 Å². The molecule has 1 fully saturated rings. The maximum atomic E-state index is 14.1. The second kappa shape index (κ2) is 9.22. The van der Waals surface area contributed by atoms with Crippen LogP contribution in [0.1, 0.15) is 58.1 Å². The van der Waals surface area contributed by atoms with Crippen LogP contribution in [0.2, 0.25) is 0 Å². The number of hydrogen-bond acceptors (Lipinski definition) is 4. The predicted octanol–water partition coefficient (Wildman–Crippen LogP) is 5.02. The minimum Gasteiger partial charge on any atom is -0.465 e. The first kappa shape index (κ1) is 25.1. The zero-order valence-electron chi connectivity index (χ0n) is 20.1. The highest BCUT2D eigenvalue weighted by Gasteiger charge is 2.36. The molecule has 0 atom stereocenters. The minimum atomic E-state index is -0.988. The number of halogens is 2. The Morgan fingerprint density at radius 2 is 1.80 bits per heavy atom. The van der Waals surface area contributed by atoms with Crippen molar-refractivity contribution in [2.75, 3.05) is 0 Å². The van der Waals surface area contributed by atoms with Gasteiger partial charge < -0.3 is 10.0 Å². The van der Waals surface area contributed by atoms with Gasteiger partial charge in [0.25, 0.3) is 5.56 Å². The van der Waals surface area contributed by atoms with Gasteiger partial charge in [0, 0.05) is 22.1 Å². The topological polar surface area (TPSA) is 97.4 Å². The molecule has 2 aromatic heterocycles. The number of rotatable bonds is 3. The first-order chi connectivity index (χ1) is 16.4. The third-order valence-electron chi connectivity index (χ3n) is 6.50. The molecule has 1 saturated carbocycles. The number of nitrogens with zero attached hydrogens (tertiary/aromatic N) is 4. The van der Waals surface area contributed by atoms with Crippen molar-refractivity contribution >= 4 is 33.1 Å². The zero-order chi connectivity index (χ0) is 25.7. The normalized spacial score (nSPS) is 18.6. The van der Waals surface area contributed by atoms with Crippen molar-refractivity contribution in [2.24, 2.45) is 0 Å². The molecule has 1 aliphatic carbocycles. The van der Waals surface area contributed by atoms with Crippen LogP contribution in [0.5, 0.6) is 0 Å². The number of pyridine rings is 1. The summed E-state index contributed by atoms with van der Waals surface area (Å²) in [7, 11) is 0. The van der Waals surface area contributed by atoms with Gasteiger partial charge in [-0.05, 0) is 83.2 Å². The fourth-order valence-electron chi connectivity index (χ4n) is 5.15. The van der Waals surface area contributed by atoms with E-state index < -0.39 is 34.7 Å². The van der Waals surface area contributed by atoms with E-state index in [-0.39, 0.29) is 17.1 Å². The quantitative estimate of drug-likeness (QED) is 0.497. The molecule has 0 bridgehead atoms. The number of aromatic nitrogens is 3. The molecule has 2 heterocycles. The summed E-state index contributed by atoms with van der Waals surface area (Å²) >= 11 is 3.45. The summed E-state index contributed by atoms with van der Waals surface area (Å²) in [5.41, 5.74) is -0.210. The highest BCUT2D eigenvalue weighted by atomic mass is 79.9. The molecule has 1 N–H and O–H groups in total. The number of carbonyl (C=O) groups is 1. The summed E-state index contributed by atoms with van der Waals surface area (Å²) in [4.78, 5) is 44.7. The van der Waals surface area contributed by atoms with Crippen LogP contribution in [0, 0.1) is 12.7 Å². The van der Waals surface area contributed by atoms with Crippen molar-refractivity contribution < 1.29 is 14.3 Å². The van der Waals surface area contributed by atoms with Crippen LogP contribution in [0.15, 0.2) is 44.5 Å². The van der Waals surface area contributed by atoms with Gasteiger partial charge in [-0.3, -0.25) is 9.36 Å². The molecule has 0 spiro atoms. The van der Waals surface area contributed by atoms with Gasteiger partial charge in [-0.1, -0.05) is 15.9 Å². The Kier molecular flexibility index (Phi) is 6.61. The molecule has 8 nitrogen and oxygen atoms in total. The first-order valence-corrected chi connectivity index (χ1v) is 12.3. The van der Waals surface area contributed by atoms with Crippen LogP contribution < -0.4 is 11.2 Å². The third kappa shape index (κ3) is 4.76. The van der Waals surface area contributed by atoms with Gasteiger partial charge >= 0.3 is 11.8 Å². The molecule has 1 aliphatic rings. The number of hydrogen-bond donors (Lipinski definition) is 1. The average molecular weight is 547 g/mol. The van der Waals surface area contributed by atoms with Crippen molar-refractivity contribution in [1.82, 2.24) is 19.0 Å². The van der Waals surface area contributed by atoms with Crippen LogP contribution >= 0.6 is 15.9 Å². The summed E-state index contributed by atoms with van der Waals surface area (Å²) in [6.45, 7) is 7.43. The predicted molar refractivity (Wildman–Crippen MR) is 135 cm³/mol. The Morgan fingerprint density at radius 3 is 2.37 bits per heavy atom. The van der Waals surface area contributed by atoms with E-state index in [9.17, 15) is 23.9 Å². The number of amides is 1. The Morgan fingerprint density at radius 1 is 1.14 bits per heavy atom. The lowest BCUT2D eigenvalue weighted by Gasteiger charge is -2.42. The molecule has 0 aliphatic heterocycles. The largest absolute Gasteiger partial charge is 0.465 e. The summed E-state index contributed by atoms with van der Waals surface area (Å²) in [5.74, 6) is -0.664. The van der Waals surface area contributed by atoms with Gasteiger partial charge in [0.1, 0.15) is 5.82 Å². The fourth-order valence-corrected chi connectivity index (χ4v) is 5.74. The molecule has 4 rings (SSSR count). The van der Waals surface area contributed by atoms with E-state index in [1.807, 2.05) is 33.8 Å². The fraction of sp³-hybridized carbons (Fsp3) is 0.440. The highest BCUT2D eigenvalue weighted by molar-refractivity contribution is 9.10. The molecular formula is C25H28BrFN4O4. The molecular weight excluding hydrogens is 519 g/mol. The van der Waals surface area contributed by atoms with E-state index in [1.165, 1.54) is 14.0 Å². The van der Waals surface area contributed by atoms with E-state index >= 15 is 0 Å². The van der Waals surface area contributed by atoms with E-state index in [0.717, 1.165) is 22.3 Å². The van der Waals surface area contributed by atoms with Crippen LogP contribution in [-0.4, -0.2) is 41.8 Å². The smallest absolute Gasteiger partial charge is 0.407 e. The Balaban J connectivity index is 1.83. The van der Waals surface area contributed by atoms with Gasteiger partial charge in [-0.25, -0.2) is 23.5 Å². The van der Waals surface area contributed by atoms with Crippen molar-refractivity contribution in [3.8, 4) is 5.69 Å². The SMILES string of the molecule is Cc1cc(Br)cc(-n2c(=O)n(C3CCC(N(C(=O)O)C(C)(C)C)CC3)c(=O)c3cc(F)cnc32)c1. The molecule has 35 heavy (non-hydrogen) atoms. The molecule has 1 aromatic carbocycles. The maximum absolute atomic E-state index is 14.1. The van der Waals surface area contributed by atoms with Gasteiger partial charge in [0.2, 0.25) is 0 Å². The van der Waals surface area contributed by atoms with Gasteiger partial charge in [-0.2, -0.15) is 0 Å². The van der Waals surface area contributed by atoms with Crippen LogP contribution in [0.3, 0.4) is 0 Å². The Labute approximate surface area is 210 Å². The number of aryl methyl sites for hydroxylation is 1. The van der Waals surface area contributed by atoms with E-state index in [4.69, 9.17) is 0 Å². The van der Waals surface area contributed by atoms with E-state index in [1.54, 1.807) is 12.1 Å². The van der Waals surface area contributed by atoms with E-state index in [2.05, 4.69) is 20.9 Å². The van der Waals surface area contributed by atoms with Crippen molar-refractivity contribution in [1.29, 1.82) is 0 Å². The molecule has 0 unspecified atom stereocenters. The second-order valence-electron chi connectivity index (χ2n) is 10.1. The van der Waals surface area contributed by atoms with Crippen molar-refractivity contribution in [3.63, 3.8) is 0 Å². The lowest BCUT2D eigenvalue weighted by molar-refractivity contribution is 0.0506. The molecule has 1 amide bonds. The molecule has 3 aromatic rings. The molecule has 10 heteroatoms. The highest BCUT2D eigenvalue weighted by Crippen LogP contribution is 2.33. The lowest BCUT2D eigenvalue weighted by Crippen LogP contribution is -2.53. The van der Waals surface area contributed by atoms with E-state index in [0.29, 0.717) is 31.4 Å².